The van der Waals surface area contributed by atoms with Gasteiger partial charge in [-0.05, 0) is 62.8 Å². The van der Waals surface area contributed by atoms with Crippen LogP contribution in [0, 0.1) is 17.2 Å². The molecule has 0 bridgehead atoms. The smallest absolute Gasteiger partial charge is 0.274 e. The fourth-order valence-electron chi connectivity index (χ4n) is 4.10. The van der Waals surface area contributed by atoms with Gasteiger partial charge in [-0.3, -0.25) is 4.79 Å². The standard InChI is InChI=1S/C21H23ClN4O/c22-16-6-8-17(9-7-16)26-19-5-3-1-2-4-18(19)20(24-26)21(27)25-12-10-15(14-23)11-13-25/h6-9,15H,1-5,10-13H2. The highest BCUT2D eigenvalue weighted by Gasteiger charge is 2.30. The summed E-state index contributed by atoms with van der Waals surface area (Å²) < 4.78 is 1.94. The van der Waals surface area contributed by atoms with Crippen LogP contribution in [0.15, 0.2) is 24.3 Å². The van der Waals surface area contributed by atoms with Crippen molar-refractivity contribution in [1.29, 1.82) is 5.26 Å². The van der Waals surface area contributed by atoms with E-state index in [4.69, 9.17) is 22.0 Å². The van der Waals surface area contributed by atoms with Crippen molar-refractivity contribution in [3.05, 3.63) is 46.2 Å². The molecular formula is C21H23ClN4O. The molecule has 5 nitrogen and oxygen atoms in total. The van der Waals surface area contributed by atoms with Crippen molar-refractivity contribution < 1.29 is 4.79 Å². The number of likely N-dealkylation sites (tertiary alicyclic amines) is 1. The molecule has 1 aliphatic carbocycles. The van der Waals surface area contributed by atoms with E-state index in [-0.39, 0.29) is 11.8 Å². The van der Waals surface area contributed by atoms with Crippen LogP contribution in [0.2, 0.25) is 5.02 Å². The van der Waals surface area contributed by atoms with Gasteiger partial charge in [0.1, 0.15) is 0 Å². The highest BCUT2D eigenvalue weighted by Crippen LogP contribution is 2.28. The van der Waals surface area contributed by atoms with Gasteiger partial charge in [-0.1, -0.05) is 18.0 Å². The van der Waals surface area contributed by atoms with Crippen molar-refractivity contribution in [2.45, 2.75) is 44.9 Å². The first-order valence-electron chi connectivity index (χ1n) is 9.73. The van der Waals surface area contributed by atoms with Gasteiger partial charge in [0.25, 0.3) is 5.91 Å². The Hall–Kier alpha value is -2.32. The lowest BCUT2D eigenvalue weighted by Gasteiger charge is -2.28. The Kier molecular flexibility index (Phi) is 5.18. The number of carbonyl (C=O) groups is 1. The number of halogens is 1. The number of hydrogen-bond donors (Lipinski definition) is 0. The average molecular weight is 383 g/mol. The first-order valence-corrected chi connectivity index (χ1v) is 10.1. The van der Waals surface area contributed by atoms with Gasteiger partial charge in [0, 0.05) is 35.3 Å². The molecule has 2 aromatic rings. The topological polar surface area (TPSA) is 61.9 Å². The molecule has 1 aromatic carbocycles. The van der Waals surface area contributed by atoms with Crippen LogP contribution in [-0.4, -0.2) is 33.7 Å². The van der Waals surface area contributed by atoms with Crippen LogP contribution >= 0.6 is 11.6 Å². The molecule has 1 amide bonds. The highest BCUT2D eigenvalue weighted by molar-refractivity contribution is 6.30. The Bertz CT molecular complexity index is 873. The third-order valence-electron chi connectivity index (χ3n) is 5.67. The Morgan fingerprint density at radius 1 is 1.11 bits per heavy atom. The maximum atomic E-state index is 13.2. The zero-order valence-corrected chi connectivity index (χ0v) is 16.1. The Morgan fingerprint density at radius 2 is 1.81 bits per heavy atom. The van der Waals surface area contributed by atoms with Gasteiger partial charge in [0.05, 0.1) is 11.8 Å². The minimum Gasteiger partial charge on any atom is -0.337 e. The first-order chi connectivity index (χ1) is 13.2. The van der Waals surface area contributed by atoms with E-state index in [0.717, 1.165) is 55.5 Å². The third-order valence-corrected chi connectivity index (χ3v) is 5.92. The monoisotopic (exact) mass is 382 g/mol. The van der Waals surface area contributed by atoms with Crippen LogP contribution < -0.4 is 0 Å². The molecule has 2 aliphatic rings. The summed E-state index contributed by atoms with van der Waals surface area (Å²) in [5.41, 5.74) is 3.80. The number of rotatable bonds is 2. The van der Waals surface area contributed by atoms with Gasteiger partial charge in [-0.2, -0.15) is 10.4 Å². The third kappa shape index (κ3) is 3.59. The summed E-state index contributed by atoms with van der Waals surface area (Å²) in [7, 11) is 0. The van der Waals surface area contributed by atoms with E-state index in [1.807, 2.05) is 33.8 Å². The molecule has 140 valence electrons. The Labute approximate surface area is 164 Å². The molecule has 6 heteroatoms. The molecule has 0 N–H and O–H groups in total. The predicted octanol–water partition coefficient (Wildman–Crippen LogP) is 4.17. The number of hydrogen-bond acceptors (Lipinski definition) is 3. The van der Waals surface area contributed by atoms with E-state index in [9.17, 15) is 4.79 Å². The second-order valence-electron chi connectivity index (χ2n) is 7.42. The Balaban J connectivity index is 1.69. The normalized spacial score (nSPS) is 17.9. The number of benzene rings is 1. The summed E-state index contributed by atoms with van der Waals surface area (Å²) in [4.78, 5) is 15.1. The lowest BCUT2D eigenvalue weighted by Crippen LogP contribution is -2.38. The molecule has 1 aromatic heterocycles. The van der Waals surface area contributed by atoms with Crippen molar-refractivity contribution in [1.82, 2.24) is 14.7 Å². The van der Waals surface area contributed by atoms with E-state index >= 15 is 0 Å². The minimum atomic E-state index is 0.0113. The largest absolute Gasteiger partial charge is 0.337 e. The molecule has 0 saturated carbocycles. The SMILES string of the molecule is N#CC1CCN(C(=O)c2nn(-c3ccc(Cl)cc3)c3c2CCCCC3)CC1. The lowest BCUT2D eigenvalue weighted by atomic mass is 9.98. The number of fused-ring (bicyclic) bond motifs is 1. The van der Waals surface area contributed by atoms with Crippen LogP contribution in [-0.2, 0) is 12.8 Å². The van der Waals surface area contributed by atoms with Crippen LogP contribution in [0.1, 0.15) is 53.8 Å². The molecule has 0 unspecified atom stereocenters. The fraction of sp³-hybridized carbons (Fsp3) is 0.476. The Morgan fingerprint density at radius 3 is 2.52 bits per heavy atom. The van der Waals surface area contributed by atoms with Gasteiger partial charge in [-0.15, -0.1) is 0 Å². The summed E-state index contributed by atoms with van der Waals surface area (Å²) in [6.07, 6.45) is 6.73. The molecule has 0 radical (unpaired) electrons. The van der Waals surface area contributed by atoms with Crippen LogP contribution in [0.3, 0.4) is 0 Å². The summed E-state index contributed by atoms with van der Waals surface area (Å²) in [5, 5.41) is 14.5. The lowest BCUT2D eigenvalue weighted by molar-refractivity contribution is 0.0699. The molecule has 0 atom stereocenters. The highest BCUT2D eigenvalue weighted by atomic mass is 35.5. The van der Waals surface area contributed by atoms with Crippen molar-refractivity contribution >= 4 is 17.5 Å². The zero-order chi connectivity index (χ0) is 18.8. The summed E-state index contributed by atoms with van der Waals surface area (Å²) in [6, 6.07) is 9.94. The zero-order valence-electron chi connectivity index (χ0n) is 15.3. The van der Waals surface area contributed by atoms with E-state index in [1.54, 1.807) is 0 Å². The number of piperidine rings is 1. The van der Waals surface area contributed by atoms with Gasteiger partial charge in [-0.25, -0.2) is 4.68 Å². The average Bonchev–Trinajstić information content (AvgIpc) is 2.89. The number of aromatic nitrogens is 2. The van der Waals surface area contributed by atoms with E-state index in [0.29, 0.717) is 23.8 Å². The second-order valence-corrected chi connectivity index (χ2v) is 7.85. The minimum absolute atomic E-state index is 0.0113. The molecule has 0 spiro atoms. The van der Waals surface area contributed by atoms with Gasteiger partial charge in [0.2, 0.25) is 0 Å². The maximum Gasteiger partial charge on any atom is 0.274 e. The molecule has 4 rings (SSSR count). The molecule has 2 heterocycles. The number of nitriles is 1. The number of nitrogens with zero attached hydrogens (tertiary/aromatic N) is 4. The van der Waals surface area contributed by atoms with Gasteiger partial charge in [0.15, 0.2) is 5.69 Å². The number of carbonyl (C=O) groups excluding carboxylic acids is 1. The van der Waals surface area contributed by atoms with E-state index in [1.165, 1.54) is 6.42 Å². The number of amides is 1. The van der Waals surface area contributed by atoms with Crippen LogP contribution in [0.4, 0.5) is 0 Å². The predicted molar refractivity (Wildman–Crippen MR) is 104 cm³/mol. The maximum absolute atomic E-state index is 13.2. The van der Waals surface area contributed by atoms with Gasteiger partial charge < -0.3 is 4.90 Å². The van der Waals surface area contributed by atoms with Gasteiger partial charge >= 0.3 is 0 Å². The summed E-state index contributed by atoms with van der Waals surface area (Å²) >= 11 is 6.04. The van der Waals surface area contributed by atoms with E-state index in [2.05, 4.69) is 6.07 Å². The quantitative estimate of drug-likeness (QED) is 0.732. The molecule has 1 aliphatic heterocycles. The van der Waals surface area contributed by atoms with Crippen LogP contribution in [0.5, 0.6) is 0 Å². The summed E-state index contributed by atoms with van der Waals surface area (Å²) in [6.45, 7) is 1.28. The summed E-state index contributed by atoms with van der Waals surface area (Å²) in [5.74, 6) is 0.0787. The molecule has 1 fully saturated rings. The van der Waals surface area contributed by atoms with E-state index < -0.39 is 0 Å². The fourth-order valence-corrected chi connectivity index (χ4v) is 4.23. The van der Waals surface area contributed by atoms with Crippen molar-refractivity contribution in [3.8, 4) is 11.8 Å². The van der Waals surface area contributed by atoms with Crippen molar-refractivity contribution in [2.75, 3.05) is 13.1 Å². The second kappa shape index (κ2) is 7.74. The molecule has 1 saturated heterocycles. The molecule has 27 heavy (non-hydrogen) atoms. The van der Waals surface area contributed by atoms with Crippen molar-refractivity contribution in [2.24, 2.45) is 5.92 Å². The van der Waals surface area contributed by atoms with Crippen LogP contribution in [0.25, 0.3) is 5.69 Å². The molecular weight excluding hydrogens is 360 g/mol. The first kappa shape index (κ1) is 18.1. The van der Waals surface area contributed by atoms with Crippen molar-refractivity contribution in [3.63, 3.8) is 0 Å².